The summed E-state index contributed by atoms with van der Waals surface area (Å²) in [4.78, 5) is 30.2. The van der Waals surface area contributed by atoms with Crippen LogP contribution in [0.1, 0.15) is 41.3 Å². The number of furan rings is 1. The van der Waals surface area contributed by atoms with Crippen LogP contribution in [-0.2, 0) is 17.9 Å². The molecule has 8 heteroatoms. The van der Waals surface area contributed by atoms with E-state index >= 15 is 0 Å². The SMILES string of the molecule is Cc1ccc(CN(Cc2ccc3c(c2)OCO3)C(=O)CN(CC(C)C)C(=O)c2cccc(Cl)c2)o1. The molecular formula is C27H29ClN2O5. The van der Waals surface area contributed by atoms with Gasteiger partial charge in [0.25, 0.3) is 5.91 Å². The van der Waals surface area contributed by atoms with E-state index in [1.165, 1.54) is 0 Å². The Kier molecular flexibility index (Phi) is 7.66. The Labute approximate surface area is 210 Å². The Hall–Kier alpha value is -3.45. The highest BCUT2D eigenvalue weighted by molar-refractivity contribution is 6.31. The van der Waals surface area contributed by atoms with Crippen molar-refractivity contribution in [2.45, 2.75) is 33.9 Å². The smallest absolute Gasteiger partial charge is 0.254 e. The zero-order valence-electron chi connectivity index (χ0n) is 20.1. The van der Waals surface area contributed by atoms with Crippen LogP contribution in [0.15, 0.2) is 59.0 Å². The topological polar surface area (TPSA) is 72.2 Å². The molecule has 0 unspecified atom stereocenters. The normalized spacial score (nSPS) is 12.1. The fourth-order valence-corrected chi connectivity index (χ4v) is 4.17. The minimum atomic E-state index is -0.230. The third-order valence-electron chi connectivity index (χ3n) is 5.58. The molecule has 0 atom stereocenters. The number of hydrogen-bond acceptors (Lipinski definition) is 5. The van der Waals surface area contributed by atoms with Gasteiger partial charge in [0.05, 0.1) is 6.54 Å². The first-order valence-corrected chi connectivity index (χ1v) is 11.9. The Bertz CT molecular complexity index is 1210. The van der Waals surface area contributed by atoms with Crippen LogP contribution >= 0.6 is 11.6 Å². The van der Waals surface area contributed by atoms with Gasteiger partial charge in [0.15, 0.2) is 11.5 Å². The summed E-state index contributed by atoms with van der Waals surface area (Å²) in [7, 11) is 0. The Morgan fingerprint density at radius 1 is 0.971 bits per heavy atom. The summed E-state index contributed by atoms with van der Waals surface area (Å²) in [5.41, 5.74) is 1.34. The molecule has 3 aromatic rings. The molecule has 0 bridgehead atoms. The first-order valence-electron chi connectivity index (χ1n) is 11.5. The highest BCUT2D eigenvalue weighted by atomic mass is 35.5. The highest BCUT2D eigenvalue weighted by Crippen LogP contribution is 2.33. The largest absolute Gasteiger partial charge is 0.464 e. The molecular weight excluding hydrogens is 468 g/mol. The van der Waals surface area contributed by atoms with Crippen molar-refractivity contribution in [1.29, 1.82) is 0 Å². The molecule has 2 aromatic carbocycles. The summed E-state index contributed by atoms with van der Waals surface area (Å²) in [6, 6.07) is 16.1. The van der Waals surface area contributed by atoms with Crippen LogP contribution in [0.2, 0.25) is 5.02 Å². The van der Waals surface area contributed by atoms with E-state index in [4.69, 9.17) is 25.5 Å². The van der Waals surface area contributed by atoms with Gasteiger partial charge in [0.2, 0.25) is 12.7 Å². The molecule has 4 rings (SSSR count). The second-order valence-corrected chi connectivity index (χ2v) is 9.48. The van der Waals surface area contributed by atoms with E-state index in [0.29, 0.717) is 40.9 Å². The molecule has 0 aliphatic carbocycles. The van der Waals surface area contributed by atoms with Crippen LogP contribution in [0.4, 0.5) is 0 Å². The van der Waals surface area contributed by atoms with Crippen molar-refractivity contribution in [2.24, 2.45) is 5.92 Å². The van der Waals surface area contributed by atoms with Gasteiger partial charge in [-0.05, 0) is 60.9 Å². The number of hydrogen-bond donors (Lipinski definition) is 0. The molecule has 0 saturated carbocycles. The van der Waals surface area contributed by atoms with Gasteiger partial charge >= 0.3 is 0 Å². The van der Waals surface area contributed by atoms with Crippen molar-refractivity contribution >= 4 is 23.4 Å². The lowest BCUT2D eigenvalue weighted by atomic mass is 10.1. The minimum Gasteiger partial charge on any atom is -0.464 e. The first kappa shape index (κ1) is 24.7. The summed E-state index contributed by atoms with van der Waals surface area (Å²) < 4.78 is 16.6. The van der Waals surface area contributed by atoms with Crippen molar-refractivity contribution in [3.05, 3.63) is 82.3 Å². The second kappa shape index (κ2) is 10.9. The number of benzene rings is 2. The maximum atomic E-state index is 13.6. The second-order valence-electron chi connectivity index (χ2n) is 9.04. The van der Waals surface area contributed by atoms with Gasteiger partial charge in [-0.3, -0.25) is 9.59 Å². The molecule has 7 nitrogen and oxygen atoms in total. The first-order chi connectivity index (χ1) is 16.8. The third-order valence-corrected chi connectivity index (χ3v) is 5.81. The van der Waals surface area contributed by atoms with Crippen molar-refractivity contribution in [1.82, 2.24) is 9.80 Å². The van der Waals surface area contributed by atoms with Gasteiger partial charge in [-0.2, -0.15) is 0 Å². The summed E-state index contributed by atoms with van der Waals surface area (Å²) in [6.45, 7) is 7.06. The van der Waals surface area contributed by atoms with Crippen LogP contribution < -0.4 is 9.47 Å². The molecule has 2 heterocycles. The predicted octanol–water partition coefficient (Wildman–Crippen LogP) is 5.30. The number of carbonyl (C=O) groups is 2. The number of nitrogens with zero attached hydrogens (tertiary/aromatic N) is 2. The van der Waals surface area contributed by atoms with Crippen LogP contribution in [0.5, 0.6) is 11.5 Å². The van der Waals surface area contributed by atoms with E-state index in [-0.39, 0.29) is 37.6 Å². The minimum absolute atomic E-state index is 0.0617. The molecule has 1 aromatic heterocycles. The summed E-state index contributed by atoms with van der Waals surface area (Å²) in [5.74, 6) is 2.55. The Morgan fingerprint density at radius 3 is 2.49 bits per heavy atom. The monoisotopic (exact) mass is 496 g/mol. The third kappa shape index (κ3) is 6.36. The van der Waals surface area contributed by atoms with Crippen LogP contribution in [0.3, 0.4) is 0 Å². The van der Waals surface area contributed by atoms with Gasteiger partial charge in [0.1, 0.15) is 18.1 Å². The van der Waals surface area contributed by atoms with Gasteiger partial charge in [-0.25, -0.2) is 0 Å². The molecule has 35 heavy (non-hydrogen) atoms. The highest BCUT2D eigenvalue weighted by Gasteiger charge is 2.25. The molecule has 1 aliphatic rings. The Morgan fingerprint density at radius 2 is 1.77 bits per heavy atom. The van der Waals surface area contributed by atoms with Gasteiger partial charge in [-0.1, -0.05) is 37.6 Å². The lowest BCUT2D eigenvalue weighted by Gasteiger charge is -2.28. The number of amides is 2. The maximum Gasteiger partial charge on any atom is 0.254 e. The summed E-state index contributed by atoms with van der Waals surface area (Å²) >= 11 is 6.10. The lowest BCUT2D eigenvalue weighted by molar-refractivity contribution is -0.133. The average molecular weight is 497 g/mol. The zero-order valence-corrected chi connectivity index (χ0v) is 20.9. The number of ether oxygens (including phenoxy) is 2. The van der Waals surface area contributed by atoms with Gasteiger partial charge < -0.3 is 23.7 Å². The quantitative estimate of drug-likeness (QED) is 0.402. The van der Waals surface area contributed by atoms with Crippen LogP contribution in [-0.4, -0.2) is 41.5 Å². The number of fused-ring (bicyclic) bond motifs is 1. The average Bonchev–Trinajstić information content (AvgIpc) is 3.45. The lowest BCUT2D eigenvalue weighted by Crippen LogP contribution is -2.43. The van der Waals surface area contributed by atoms with E-state index in [1.54, 1.807) is 34.1 Å². The molecule has 0 spiro atoms. The van der Waals surface area contributed by atoms with E-state index in [1.807, 2.05) is 51.1 Å². The van der Waals surface area contributed by atoms with E-state index in [2.05, 4.69) is 0 Å². The molecule has 184 valence electrons. The fraction of sp³-hybridized carbons (Fsp3) is 0.333. The predicted molar refractivity (Wildman–Crippen MR) is 132 cm³/mol. The molecule has 0 saturated heterocycles. The molecule has 2 amide bonds. The van der Waals surface area contributed by atoms with E-state index < -0.39 is 0 Å². The van der Waals surface area contributed by atoms with Crippen molar-refractivity contribution < 1.29 is 23.5 Å². The number of halogens is 1. The molecule has 0 N–H and O–H groups in total. The molecule has 0 radical (unpaired) electrons. The standard InChI is InChI=1S/C27H29ClN2O5/c1-18(2)13-30(27(32)21-5-4-6-22(28)12-21)16-26(31)29(15-23-9-7-19(3)35-23)14-20-8-10-24-25(11-20)34-17-33-24/h4-12,18H,13-17H2,1-3H3. The molecule has 1 aliphatic heterocycles. The van der Waals surface area contributed by atoms with E-state index in [0.717, 1.165) is 11.3 Å². The van der Waals surface area contributed by atoms with E-state index in [9.17, 15) is 9.59 Å². The Balaban J connectivity index is 1.56. The maximum absolute atomic E-state index is 13.6. The number of carbonyl (C=O) groups excluding carboxylic acids is 2. The summed E-state index contributed by atoms with van der Waals surface area (Å²) in [5, 5.41) is 0.476. The zero-order chi connectivity index (χ0) is 24.9. The van der Waals surface area contributed by atoms with Crippen LogP contribution in [0, 0.1) is 12.8 Å². The molecule has 0 fully saturated rings. The fourth-order valence-electron chi connectivity index (χ4n) is 3.98. The van der Waals surface area contributed by atoms with Gasteiger partial charge in [-0.15, -0.1) is 0 Å². The van der Waals surface area contributed by atoms with Crippen molar-refractivity contribution in [3.63, 3.8) is 0 Å². The number of aryl methyl sites for hydroxylation is 1. The van der Waals surface area contributed by atoms with Crippen LogP contribution in [0.25, 0.3) is 0 Å². The summed E-state index contributed by atoms with van der Waals surface area (Å²) in [6.07, 6.45) is 0. The van der Waals surface area contributed by atoms with Crippen molar-refractivity contribution in [3.8, 4) is 11.5 Å². The van der Waals surface area contributed by atoms with Gasteiger partial charge in [0, 0.05) is 23.7 Å². The van der Waals surface area contributed by atoms with Crippen molar-refractivity contribution in [2.75, 3.05) is 19.9 Å². The number of rotatable bonds is 9.